The Bertz CT molecular complexity index is 557. The van der Waals surface area contributed by atoms with Crippen molar-refractivity contribution in [2.75, 3.05) is 0 Å². The molecule has 0 aliphatic carbocycles. The third kappa shape index (κ3) is 7.19. The van der Waals surface area contributed by atoms with Crippen LogP contribution in [0.1, 0.15) is 24.8 Å². The number of esters is 3. The standard InChI is InChI=1S/C12H15BrO10/c1-4(14)21-8(7(17)12(19)20)9(22-5(2)15)10(11(13)18)23-6(3)16/h7-10,17H,1-3H3,(H,19,20)/t7-,8+,9-,10+/m0/s1/i1D,2D,3D. The van der Waals surface area contributed by atoms with Gasteiger partial charge >= 0.3 is 23.9 Å². The summed E-state index contributed by atoms with van der Waals surface area (Å²) in [4.78, 5) is 56.8. The number of rotatable bonds is 8. The number of hydrogen-bond acceptors (Lipinski definition) is 9. The molecule has 4 atom stereocenters. The van der Waals surface area contributed by atoms with Gasteiger partial charge in [0.2, 0.25) is 10.8 Å². The Morgan fingerprint density at radius 1 is 0.913 bits per heavy atom. The van der Waals surface area contributed by atoms with E-state index in [9.17, 15) is 29.1 Å². The van der Waals surface area contributed by atoms with E-state index < -0.39 is 73.7 Å². The summed E-state index contributed by atoms with van der Waals surface area (Å²) in [5.41, 5.74) is 0. The lowest BCUT2D eigenvalue weighted by molar-refractivity contribution is -0.196. The van der Waals surface area contributed by atoms with Crippen molar-refractivity contribution in [2.24, 2.45) is 0 Å². The minimum atomic E-state index is -2.53. The maximum absolute atomic E-state index is 11.7. The third-order valence-corrected chi connectivity index (χ3v) is 2.65. The lowest BCUT2D eigenvalue weighted by Gasteiger charge is -2.31. The molecule has 0 aliphatic heterocycles. The highest BCUT2D eigenvalue weighted by atomic mass is 79.9. The van der Waals surface area contributed by atoms with Gasteiger partial charge in [-0.2, -0.15) is 0 Å². The van der Waals surface area contributed by atoms with E-state index in [-0.39, 0.29) is 0 Å². The number of hydrogen-bond donors (Lipinski definition) is 2. The molecule has 10 nitrogen and oxygen atoms in total. The molecule has 2 N–H and O–H groups in total. The zero-order chi connectivity index (χ0) is 20.4. The van der Waals surface area contributed by atoms with Gasteiger partial charge in [-0.15, -0.1) is 0 Å². The number of aliphatic carboxylic acids is 1. The minimum absolute atomic E-state index is 0.950. The molecule has 0 heterocycles. The lowest BCUT2D eigenvalue weighted by Crippen LogP contribution is -2.54. The fourth-order valence-corrected chi connectivity index (χ4v) is 1.79. The fraction of sp³-hybridized carbons (Fsp3) is 0.583. The summed E-state index contributed by atoms with van der Waals surface area (Å²) in [7, 11) is 0. The summed E-state index contributed by atoms with van der Waals surface area (Å²) in [6.07, 6.45) is -9.03. The number of carboxylic acids is 1. The van der Waals surface area contributed by atoms with Gasteiger partial charge in [0.1, 0.15) is 0 Å². The van der Waals surface area contributed by atoms with E-state index in [0.717, 1.165) is 0 Å². The summed E-state index contributed by atoms with van der Waals surface area (Å²) in [5, 5.41) is 18.7. The van der Waals surface area contributed by atoms with Gasteiger partial charge in [0.25, 0.3) is 0 Å². The van der Waals surface area contributed by atoms with E-state index in [1.54, 1.807) is 0 Å². The second kappa shape index (κ2) is 9.20. The molecule has 0 unspecified atom stereocenters. The first-order chi connectivity index (χ1) is 12.1. The Kier molecular flexibility index (Phi) is 6.35. The Balaban J connectivity index is 6.02. The van der Waals surface area contributed by atoms with E-state index in [1.807, 2.05) is 0 Å². The topological polar surface area (TPSA) is 154 Å². The first-order valence-corrected chi connectivity index (χ1v) is 6.44. The minimum Gasteiger partial charge on any atom is -0.479 e. The summed E-state index contributed by atoms with van der Waals surface area (Å²) in [6.45, 7) is -2.94. The number of halogens is 1. The molecule has 0 radical (unpaired) electrons. The van der Waals surface area contributed by atoms with Crippen molar-refractivity contribution >= 4 is 44.5 Å². The maximum atomic E-state index is 11.7. The van der Waals surface area contributed by atoms with Gasteiger partial charge in [-0.1, -0.05) is 0 Å². The summed E-state index contributed by atoms with van der Waals surface area (Å²) in [5.74, 6) is -5.87. The van der Waals surface area contributed by atoms with Crippen LogP contribution in [0.15, 0.2) is 0 Å². The molecule has 0 saturated heterocycles. The molecule has 23 heavy (non-hydrogen) atoms. The van der Waals surface area contributed by atoms with Crippen LogP contribution in [-0.4, -0.2) is 63.2 Å². The SMILES string of the molecule is [2H]CC(=O)O[C@@H]([C@H](OC(=O)C[2H])[C@@H](OC(=O)C[2H])C(=O)Br)[C@H](O)C(=O)O. The second-order valence-corrected chi connectivity index (χ2v) is 4.69. The molecule has 0 aromatic carbocycles. The van der Waals surface area contributed by atoms with Crippen LogP contribution in [0, 0.1) is 0 Å². The van der Waals surface area contributed by atoms with Gasteiger partial charge in [-0.25, -0.2) is 4.79 Å². The highest BCUT2D eigenvalue weighted by molar-refractivity contribution is 9.18. The van der Waals surface area contributed by atoms with Crippen molar-refractivity contribution in [3.8, 4) is 0 Å². The molecule has 0 spiro atoms. The monoisotopic (exact) mass is 401 g/mol. The van der Waals surface area contributed by atoms with Crippen LogP contribution < -0.4 is 0 Å². The van der Waals surface area contributed by atoms with Crippen LogP contribution in [0.3, 0.4) is 0 Å². The molecule has 0 amide bonds. The first kappa shape index (κ1) is 15.9. The van der Waals surface area contributed by atoms with Crippen LogP contribution in [0.5, 0.6) is 0 Å². The summed E-state index contributed by atoms with van der Waals surface area (Å²) < 4.78 is 33.3. The third-order valence-electron chi connectivity index (χ3n) is 2.20. The molecule has 0 bridgehead atoms. The van der Waals surface area contributed by atoms with E-state index in [1.165, 1.54) is 0 Å². The van der Waals surface area contributed by atoms with Gasteiger partial charge in [0, 0.05) is 24.8 Å². The highest BCUT2D eigenvalue weighted by Gasteiger charge is 2.46. The van der Waals surface area contributed by atoms with Gasteiger partial charge in [-0.3, -0.25) is 19.2 Å². The zero-order valence-electron chi connectivity index (χ0n) is 14.5. The van der Waals surface area contributed by atoms with Crippen molar-refractivity contribution in [1.29, 1.82) is 0 Å². The average molecular weight is 402 g/mol. The van der Waals surface area contributed by atoms with Crippen molar-refractivity contribution in [3.05, 3.63) is 0 Å². The molecule has 11 heteroatoms. The van der Waals surface area contributed by atoms with E-state index in [0.29, 0.717) is 0 Å². The number of carboxylic acid groups (broad SMARTS) is 1. The normalized spacial score (nSPS) is 17.2. The predicted octanol–water partition coefficient (Wildman–Crippen LogP) is -0.852. The van der Waals surface area contributed by atoms with E-state index >= 15 is 0 Å². The Morgan fingerprint density at radius 3 is 1.74 bits per heavy atom. The molecule has 0 rings (SSSR count). The van der Waals surface area contributed by atoms with Crippen LogP contribution in [-0.2, 0) is 38.2 Å². The number of carbonyl (C=O) groups is 5. The molecular formula is C12H15BrO10. The molecule has 130 valence electrons. The summed E-state index contributed by atoms with van der Waals surface area (Å²) in [6, 6.07) is 0. The second-order valence-electron chi connectivity index (χ2n) is 3.91. The van der Waals surface area contributed by atoms with Gasteiger partial charge in [-0.05, 0) is 15.9 Å². The number of ether oxygens (including phenoxy) is 3. The fourth-order valence-electron chi connectivity index (χ4n) is 1.44. The molecule has 0 aromatic heterocycles. The number of carbonyl (C=O) groups excluding carboxylic acids is 4. The van der Waals surface area contributed by atoms with Crippen molar-refractivity contribution in [3.63, 3.8) is 0 Å². The van der Waals surface area contributed by atoms with Crippen LogP contribution in [0.4, 0.5) is 0 Å². The Hall–Kier alpha value is -2.01. The summed E-state index contributed by atoms with van der Waals surface area (Å²) >= 11 is 2.43. The van der Waals surface area contributed by atoms with Crippen LogP contribution in [0.25, 0.3) is 0 Å². The van der Waals surface area contributed by atoms with Crippen LogP contribution >= 0.6 is 15.9 Å². The molecule has 0 fully saturated rings. The first-order valence-electron chi connectivity index (χ1n) is 7.77. The Labute approximate surface area is 143 Å². The average Bonchev–Trinajstić information content (AvgIpc) is 2.60. The largest absolute Gasteiger partial charge is 0.479 e. The highest BCUT2D eigenvalue weighted by Crippen LogP contribution is 2.20. The number of aliphatic hydroxyl groups is 1. The smallest absolute Gasteiger partial charge is 0.336 e. The van der Waals surface area contributed by atoms with Crippen molar-refractivity contribution in [2.45, 2.75) is 45.1 Å². The zero-order valence-corrected chi connectivity index (χ0v) is 13.1. The van der Waals surface area contributed by atoms with Crippen molar-refractivity contribution < 1.29 is 52.5 Å². The van der Waals surface area contributed by atoms with E-state index in [2.05, 4.69) is 30.1 Å². The van der Waals surface area contributed by atoms with E-state index in [4.69, 9.17) is 9.22 Å². The van der Waals surface area contributed by atoms with Gasteiger partial charge in [0.05, 0.1) is 0 Å². The predicted molar refractivity (Wildman–Crippen MR) is 74.2 cm³/mol. The quantitative estimate of drug-likeness (QED) is 0.298. The van der Waals surface area contributed by atoms with Crippen LogP contribution in [0.2, 0.25) is 0 Å². The van der Waals surface area contributed by atoms with Gasteiger partial charge < -0.3 is 24.4 Å². The van der Waals surface area contributed by atoms with Gasteiger partial charge in [0.15, 0.2) is 18.3 Å². The Morgan fingerprint density at radius 2 is 1.35 bits per heavy atom. The molecule has 0 aromatic rings. The molecule has 0 aliphatic rings. The molecular weight excluding hydrogens is 384 g/mol. The number of aliphatic hydroxyl groups excluding tert-OH is 1. The maximum Gasteiger partial charge on any atom is 0.336 e. The lowest BCUT2D eigenvalue weighted by atomic mass is 10.0. The molecule has 0 saturated carbocycles. The van der Waals surface area contributed by atoms with Crippen molar-refractivity contribution in [1.82, 2.24) is 0 Å².